The van der Waals surface area contributed by atoms with E-state index in [1.165, 1.54) is 0 Å². The predicted molar refractivity (Wildman–Crippen MR) is 50.8 cm³/mol. The summed E-state index contributed by atoms with van der Waals surface area (Å²) in [5, 5.41) is 18.2. The average molecular weight is 261 g/mol. The summed E-state index contributed by atoms with van der Waals surface area (Å²) >= 11 is 0. The van der Waals surface area contributed by atoms with Gasteiger partial charge in [-0.2, -0.15) is 5.26 Å². The minimum atomic E-state index is -5.03. The highest BCUT2D eigenvalue weighted by Crippen LogP contribution is 2.36. The highest BCUT2D eigenvalue weighted by Gasteiger charge is 2.34. The van der Waals surface area contributed by atoms with Gasteiger partial charge in [0.25, 0.3) is 0 Å². The first-order valence-corrected chi connectivity index (χ1v) is 4.40. The Balaban J connectivity index is 3.35. The van der Waals surface area contributed by atoms with Crippen LogP contribution in [0.1, 0.15) is 15.9 Å². The van der Waals surface area contributed by atoms with Crippen molar-refractivity contribution in [2.24, 2.45) is 0 Å². The van der Waals surface area contributed by atoms with Gasteiger partial charge in [-0.25, -0.2) is 4.79 Å². The van der Waals surface area contributed by atoms with Crippen molar-refractivity contribution < 1.29 is 32.5 Å². The molecule has 8 heteroatoms. The van der Waals surface area contributed by atoms with Crippen LogP contribution in [-0.2, 0) is 4.74 Å². The fourth-order valence-electron chi connectivity index (χ4n) is 1.18. The van der Waals surface area contributed by atoms with Gasteiger partial charge in [0.2, 0.25) is 0 Å². The van der Waals surface area contributed by atoms with Gasteiger partial charge in [0.05, 0.1) is 12.7 Å². The number of phenolic OH excluding ortho intramolecular Hbond substituents is 1. The summed E-state index contributed by atoms with van der Waals surface area (Å²) < 4.78 is 43.8. The molecule has 0 heterocycles. The molecule has 96 valence electrons. The third kappa shape index (κ3) is 2.82. The van der Waals surface area contributed by atoms with E-state index < -0.39 is 29.4 Å². The maximum Gasteiger partial charge on any atom is 0.573 e. The van der Waals surface area contributed by atoms with Crippen molar-refractivity contribution in [2.45, 2.75) is 6.36 Å². The van der Waals surface area contributed by atoms with E-state index in [0.29, 0.717) is 0 Å². The van der Waals surface area contributed by atoms with Crippen LogP contribution in [0, 0.1) is 11.3 Å². The molecule has 0 radical (unpaired) electrons. The molecule has 0 saturated carbocycles. The van der Waals surface area contributed by atoms with E-state index in [-0.39, 0.29) is 5.56 Å². The summed E-state index contributed by atoms with van der Waals surface area (Å²) in [6.07, 6.45) is -5.03. The lowest BCUT2D eigenvalue weighted by atomic mass is 10.1. The Morgan fingerprint density at radius 1 is 1.44 bits per heavy atom. The summed E-state index contributed by atoms with van der Waals surface area (Å²) in [6, 6.07) is 3.18. The Hall–Kier alpha value is -2.43. The van der Waals surface area contributed by atoms with Crippen LogP contribution in [0.25, 0.3) is 0 Å². The van der Waals surface area contributed by atoms with E-state index in [1.54, 1.807) is 6.07 Å². The summed E-state index contributed by atoms with van der Waals surface area (Å²) in [6.45, 7) is 0. The molecular weight excluding hydrogens is 255 g/mol. The Kier molecular flexibility index (Phi) is 3.66. The van der Waals surface area contributed by atoms with Gasteiger partial charge >= 0.3 is 12.3 Å². The molecule has 0 atom stereocenters. The fraction of sp³-hybridized carbons (Fsp3) is 0.200. The number of esters is 1. The monoisotopic (exact) mass is 261 g/mol. The fourth-order valence-corrected chi connectivity index (χ4v) is 1.18. The molecule has 1 aromatic carbocycles. The van der Waals surface area contributed by atoms with Crippen LogP contribution in [0.2, 0.25) is 0 Å². The molecule has 0 bridgehead atoms. The molecule has 0 unspecified atom stereocenters. The number of hydrogen-bond donors (Lipinski definition) is 1. The summed E-state index contributed by atoms with van der Waals surface area (Å²) in [4.78, 5) is 11.3. The summed E-state index contributed by atoms with van der Waals surface area (Å²) in [7, 11) is 0.959. The standard InChI is InChI=1S/C10H6F3NO4/c1-17-9(16)7-5(4-14)2-3-6(8(7)15)18-10(11,12)13/h2-3,15H,1H3. The molecule has 0 saturated heterocycles. The highest BCUT2D eigenvalue weighted by molar-refractivity contribution is 5.96. The van der Waals surface area contributed by atoms with Crippen LogP contribution in [0.5, 0.6) is 11.5 Å². The molecule has 18 heavy (non-hydrogen) atoms. The number of nitriles is 1. The Morgan fingerprint density at radius 2 is 2.06 bits per heavy atom. The molecule has 0 amide bonds. The maximum atomic E-state index is 12.0. The van der Waals surface area contributed by atoms with Crippen molar-refractivity contribution in [1.29, 1.82) is 5.26 Å². The first kappa shape index (κ1) is 13.6. The van der Waals surface area contributed by atoms with E-state index in [4.69, 9.17) is 5.26 Å². The van der Waals surface area contributed by atoms with Crippen LogP contribution >= 0.6 is 0 Å². The van der Waals surface area contributed by atoms with Crippen molar-refractivity contribution in [3.63, 3.8) is 0 Å². The zero-order valence-electron chi connectivity index (χ0n) is 8.91. The second kappa shape index (κ2) is 4.83. The minimum Gasteiger partial charge on any atom is -0.504 e. The lowest BCUT2D eigenvalue weighted by Crippen LogP contribution is -2.18. The molecule has 1 N–H and O–H groups in total. The molecule has 1 rings (SSSR count). The van der Waals surface area contributed by atoms with Crippen LogP contribution in [0.3, 0.4) is 0 Å². The Bertz CT molecular complexity index is 519. The molecule has 5 nitrogen and oxygen atoms in total. The van der Waals surface area contributed by atoms with E-state index in [9.17, 15) is 23.1 Å². The van der Waals surface area contributed by atoms with Crippen molar-refractivity contribution in [1.82, 2.24) is 0 Å². The Labute approximate surface area is 99.0 Å². The van der Waals surface area contributed by atoms with Gasteiger partial charge in [-0.1, -0.05) is 0 Å². The van der Waals surface area contributed by atoms with Crippen molar-refractivity contribution in [2.75, 3.05) is 7.11 Å². The number of rotatable bonds is 2. The predicted octanol–water partition coefficient (Wildman–Crippen LogP) is 1.95. The number of phenols is 1. The summed E-state index contributed by atoms with van der Waals surface area (Å²) in [5.41, 5.74) is -1.00. The molecule has 0 fully saturated rings. The number of halogens is 3. The van der Waals surface area contributed by atoms with Crippen molar-refractivity contribution in [3.05, 3.63) is 23.3 Å². The minimum absolute atomic E-state index is 0.325. The second-order valence-electron chi connectivity index (χ2n) is 2.99. The SMILES string of the molecule is COC(=O)c1c(C#N)ccc(OC(F)(F)F)c1O. The number of aromatic hydroxyl groups is 1. The molecular formula is C10H6F3NO4. The van der Waals surface area contributed by atoms with Gasteiger partial charge in [0.1, 0.15) is 11.6 Å². The zero-order chi connectivity index (χ0) is 13.9. The number of hydrogen-bond acceptors (Lipinski definition) is 5. The number of carbonyl (C=O) groups is 1. The average Bonchev–Trinajstić information content (AvgIpc) is 2.29. The first-order valence-electron chi connectivity index (χ1n) is 4.40. The van der Waals surface area contributed by atoms with Crippen molar-refractivity contribution in [3.8, 4) is 17.6 Å². The lowest BCUT2D eigenvalue weighted by Gasteiger charge is -2.12. The summed E-state index contributed by atoms with van der Waals surface area (Å²) in [5.74, 6) is -3.23. The van der Waals surface area contributed by atoms with Gasteiger partial charge in [0, 0.05) is 0 Å². The molecule has 0 spiro atoms. The number of benzene rings is 1. The first-order chi connectivity index (χ1) is 8.30. The largest absolute Gasteiger partial charge is 0.573 e. The topological polar surface area (TPSA) is 79.6 Å². The number of alkyl halides is 3. The number of carbonyl (C=O) groups excluding carboxylic acids is 1. The number of nitrogens with zero attached hydrogens (tertiary/aromatic N) is 1. The molecule has 1 aromatic rings. The third-order valence-corrected chi connectivity index (χ3v) is 1.88. The Morgan fingerprint density at radius 3 is 2.50 bits per heavy atom. The van der Waals surface area contributed by atoms with E-state index in [0.717, 1.165) is 19.2 Å². The lowest BCUT2D eigenvalue weighted by molar-refractivity contribution is -0.275. The third-order valence-electron chi connectivity index (χ3n) is 1.88. The van der Waals surface area contributed by atoms with Crippen LogP contribution in [0.4, 0.5) is 13.2 Å². The van der Waals surface area contributed by atoms with E-state index >= 15 is 0 Å². The van der Waals surface area contributed by atoms with Crippen LogP contribution in [0.15, 0.2) is 12.1 Å². The van der Waals surface area contributed by atoms with Gasteiger partial charge in [-0.3, -0.25) is 0 Å². The van der Waals surface area contributed by atoms with Crippen LogP contribution in [-0.4, -0.2) is 24.5 Å². The number of ether oxygens (including phenoxy) is 2. The zero-order valence-corrected chi connectivity index (χ0v) is 8.91. The van der Waals surface area contributed by atoms with Crippen molar-refractivity contribution >= 4 is 5.97 Å². The van der Waals surface area contributed by atoms with E-state index in [2.05, 4.69) is 9.47 Å². The van der Waals surface area contributed by atoms with Gasteiger partial charge in [-0.15, -0.1) is 13.2 Å². The van der Waals surface area contributed by atoms with Gasteiger partial charge in [0.15, 0.2) is 11.5 Å². The highest BCUT2D eigenvalue weighted by atomic mass is 19.4. The normalized spacial score (nSPS) is 10.6. The van der Waals surface area contributed by atoms with Crippen LogP contribution < -0.4 is 4.74 Å². The quantitative estimate of drug-likeness (QED) is 0.823. The molecule has 0 aliphatic carbocycles. The molecule has 0 aliphatic rings. The smallest absolute Gasteiger partial charge is 0.504 e. The second-order valence-corrected chi connectivity index (χ2v) is 2.99. The van der Waals surface area contributed by atoms with Gasteiger partial charge in [-0.05, 0) is 12.1 Å². The molecule has 0 aromatic heterocycles. The maximum absolute atomic E-state index is 12.0. The number of methoxy groups -OCH3 is 1. The molecule has 0 aliphatic heterocycles. The van der Waals surface area contributed by atoms with E-state index in [1.807, 2.05) is 0 Å². The van der Waals surface area contributed by atoms with Gasteiger partial charge < -0.3 is 14.6 Å².